The molecule has 1 heteroatoms. The standard InChI is InChI=1S/C15H33N/c1-7-15(4,5)11-9-13-16(6)12-8-10-14(2)3/h14H,7-13H2,1-6H3. The molecule has 0 heterocycles. The molecule has 0 amide bonds. The molecule has 1 nitrogen and oxygen atoms in total. The molecule has 0 aliphatic heterocycles. The summed E-state index contributed by atoms with van der Waals surface area (Å²) in [6, 6.07) is 0. The van der Waals surface area contributed by atoms with E-state index in [4.69, 9.17) is 0 Å². The lowest BCUT2D eigenvalue weighted by molar-refractivity contribution is 0.262. The summed E-state index contributed by atoms with van der Waals surface area (Å²) in [5.74, 6) is 0.854. The molecular weight excluding hydrogens is 194 g/mol. The molecule has 0 rings (SSSR count). The molecule has 98 valence electrons. The van der Waals surface area contributed by atoms with Crippen LogP contribution in [0.1, 0.15) is 66.7 Å². The molecule has 16 heavy (non-hydrogen) atoms. The maximum absolute atomic E-state index is 2.49. The summed E-state index contributed by atoms with van der Waals surface area (Å²) in [4.78, 5) is 2.49. The molecule has 0 radical (unpaired) electrons. The number of nitrogens with zero attached hydrogens (tertiary/aromatic N) is 1. The van der Waals surface area contributed by atoms with Crippen LogP contribution in [-0.2, 0) is 0 Å². The van der Waals surface area contributed by atoms with Gasteiger partial charge in [-0.1, -0.05) is 41.0 Å². The largest absolute Gasteiger partial charge is 0.306 e. The van der Waals surface area contributed by atoms with Gasteiger partial charge in [0.1, 0.15) is 0 Å². The Labute approximate surface area is 104 Å². The molecule has 0 saturated heterocycles. The van der Waals surface area contributed by atoms with Gasteiger partial charge in [0.25, 0.3) is 0 Å². The van der Waals surface area contributed by atoms with Crippen molar-refractivity contribution in [1.82, 2.24) is 4.90 Å². The normalized spacial score (nSPS) is 12.8. The zero-order valence-corrected chi connectivity index (χ0v) is 12.5. The molecule has 0 aromatic rings. The molecule has 0 fully saturated rings. The fourth-order valence-corrected chi connectivity index (χ4v) is 1.89. The Balaban J connectivity index is 3.47. The Kier molecular flexibility index (Phi) is 8.09. The first-order valence-electron chi connectivity index (χ1n) is 7.06. The molecule has 0 unspecified atom stereocenters. The third-order valence-corrected chi connectivity index (χ3v) is 3.67. The van der Waals surface area contributed by atoms with Crippen LogP contribution in [0.3, 0.4) is 0 Å². The lowest BCUT2D eigenvalue weighted by Crippen LogP contribution is -2.22. The van der Waals surface area contributed by atoms with Gasteiger partial charge in [0, 0.05) is 0 Å². The van der Waals surface area contributed by atoms with Gasteiger partial charge in [-0.05, 0) is 57.2 Å². The van der Waals surface area contributed by atoms with Crippen LogP contribution in [0.25, 0.3) is 0 Å². The highest BCUT2D eigenvalue weighted by Gasteiger charge is 2.14. The van der Waals surface area contributed by atoms with Crippen LogP contribution in [0, 0.1) is 11.3 Å². The van der Waals surface area contributed by atoms with Gasteiger partial charge in [0.15, 0.2) is 0 Å². The SMILES string of the molecule is CCC(C)(C)CCCN(C)CCCC(C)C. The van der Waals surface area contributed by atoms with Crippen LogP contribution in [0.15, 0.2) is 0 Å². The molecule has 0 aliphatic rings. The summed E-state index contributed by atoms with van der Waals surface area (Å²) in [6.07, 6.45) is 6.72. The second-order valence-electron chi connectivity index (χ2n) is 6.46. The van der Waals surface area contributed by atoms with Crippen LogP contribution in [0.4, 0.5) is 0 Å². The maximum Gasteiger partial charge on any atom is -0.00216 e. The van der Waals surface area contributed by atoms with E-state index >= 15 is 0 Å². The second kappa shape index (κ2) is 8.11. The van der Waals surface area contributed by atoms with Crippen molar-refractivity contribution >= 4 is 0 Å². The van der Waals surface area contributed by atoms with E-state index in [1.54, 1.807) is 0 Å². The van der Waals surface area contributed by atoms with Crippen molar-refractivity contribution < 1.29 is 0 Å². The Hall–Kier alpha value is -0.0400. The summed E-state index contributed by atoms with van der Waals surface area (Å²) >= 11 is 0. The Morgan fingerprint density at radius 3 is 2.12 bits per heavy atom. The second-order valence-corrected chi connectivity index (χ2v) is 6.46. The topological polar surface area (TPSA) is 3.24 Å². The third-order valence-electron chi connectivity index (χ3n) is 3.67. The fraction of sp³-hybridized carbons (Fsp3) is 1.00. The molecule has 0 aromatic heterocycles. The average Bonchev–Trinajstić information content (AvgIpc) is 2.17. The zero-order valence-electron chi connectivity index (χ0n) is 12.5. The van der Waals surface area contributed by atoms with Crippen LogP contribution < -0.4 is 0 Å². The van der Waals surface area contributed by atoms with E-state index in [1.165, 1.54) is 45.2 Å². The monoisotopic (exact) mass is 227 g/mol. The fourth-order valence-electron chi connectivity index (χ4n) is 1.89. The van der Waals surface area contributed by atoms with E-state index in [-0.39, 0.29) is 0 Å². The lowest BCUT2D eigenvalue weighted by atomic mass is 9.85. The first kappa shape index (κ1) is 16.0. The van der Waals surface area contributed by atoms with Crippen molar-refractivity contribution in [2.45, 2.75) is 66.7 Å². The minimum absolute atomic E-state index is 0.540. The van der Waals surface area contributed by atoms with Gasteiger partial charge < -0.3 is 4.90 Å². The summed E-state index contributed by atoms with van der Waals surface area (Å²) in [6.45, 7) is 14.2. The highest BCUT2D eigenvalue weighted by atomic mass is 15.1. The lowest BCUT2D eigenvalue weighted by Gasteiger charge is -2.24. The van der Waals surface area contributed by atoms with Gasteiger partial charge in [-0.15, -0.1) is 0 Å². The predicted molar refractivity (Wildman–Crippen MR) is 74.9 cm³/mol. The number of hydrogen-bond donors (Lipinski definition) is 0. The zero-order chi connectivity index (χ0) is 12.6. The van der Waals surface area contributed by atoms with Crippen molar-refractivity contribution in [2.24, 2.45) is 11.3 Å². The van der Waals surface area contributed by atoms with E-state index in [1.807, 2.05) is 0 Å². The summed E-state index contributed by atoms with van der Waals surface area (Å²) in [5.41, 5.74) is 0.540. The van der Waals surface area contributed by atoms with Crippen LogP contribution >= 0.6 is 0 Å². The molecule has 0 aromatic carbocycles. The van der Waals surface area contributed by atoms with E-state index in [0.29, 0.717) is 5.41 Å². The first-order chi connectivity index (χ1) is 7.37. The van der Waals surface area contributed by atoms with E-state index < -0.39 is 0 Å². The number of rotatable bonds is 9. The van der Waals surface area contributed by atoms with Crippen molar-refractivity contribution in [1.29, 1.82) is 0 Å². The minimum Gasteiger partial charge on any atom is -0.306 e. The van der Waals surface area contributed by atoms with Gasteiger partial charge in [0.2, 0.25) is 0 Å². The summed E-state index contributed by atoms with van der Waals surface area (Å²) < 4.78 is 0. The Morgan fingerprint density at radius 2 is 1.62 bits per heavy atom. The van der Waals surface area contributed by atoms with Crippen molar-refractivity contribution in [2.75, 3.05) is 20.1 Å². The minimum atomic E-state index is 0.540. The maximum atomic E-state index is 2.49. The van der Waals surface area contributed by atoms with Crippen molar-refractivity contribution in [3.05, 3.63) is 0 Å². The highest BCUT2D eigenvalue weighted by Crippen LogP contribution is 2.25. The molecule has 0 aliphatic carbocycles. The summed E-state index contributed by atoms with van der Waals surface area (Å²) in [5, 5.41) is 0. The molecular formula is C15H33N. The summed E-state index contributed by atoms with van der Waals surface area (Å²) in [7, 11) is 2.26. The molecule has 0 spiro atoms. The van der Waals surface area contributed by atoms with Gasteiger partial charge in [-0.2, -0.15) is 0 Å². The molecule has 0 saturated carbocycles. The highest BCUT2D eigenvalue weighted by molar-refractivity contribution is 4.67. The Morgan fingerprint density at radius 1 is 1.06 bits per heavy atom. The molecule has 0 N–H and O–H groups in total. The Bertz CT molecular complexity index is 161. The predicted octanol–water partition coefficient (Wildman–Crippen LogP) is 4.57. The average molecular weight is 227 g/mol. The van der Waals surface area contributed by atoms with E-state index in [9.17, 15) is 0 Å². The third kappa shape index (κ3) is 9.21. The van der Waals surface area contributed by atoms with Gasteiger partial charge in [-0.3, -0.25) is 0 Å². The smallest absolute Gasteiger partial charge is 0.00216 e. The van der Waals surface area contributed by atoms with E-state index in [0.717, 1.165) is 5.92 Å². The van der Waals surface area contributed by atoms with Crippen LogP contribution in [0.5, 0.6) is 0 Å². The van der Waals surface area contributed by atoms with Crippen molar-refractivity contribution in [3.63, 3.8) is 0 Å². The first-order valence-corrected chi connectivity index (χ1v) is 7.06. The molecule has 0 bridgehead atoms. The van der Waals surface area contributed by atoms with Gasteiger partial charge >= 0.3 is 0 Å². The van der Waals surface area contributed by atoms with Crippen LogP contribution in [-0.4, -0.2) is 25.0 Å². The molecule has 0 atom stereocenters. The van der Waals surface area contributed by atoms with Gasteiger partial charge in [-0.25, -0.2) is 0 Å². The van der Waals surface area contributed by atoms with Crippen molar-refractivity contribution in [3.8, 4) is 0 Å². The van der Waals surface area contributed by atoms with Crippen LogP contribution in [0.2, 0.25) is 0 Å². The van der Waals surface area contributed by atoms with E-state index in [2.05, 4.69) is 46.6 Å². The quantitative estimate of drug-likeness (QED) is 0.557. The number of hydrogen-bond acceptors (Lipinski definition) is 1. The van der Waals surface area contributed by atoms with Gasteiger partial charge in [0.05, 0.1) is 0 Å².